The fraction of sp³-hybridized carbons (Fsp3) is 0.0714. The maximum atomic E-state index is 9.09. The van der Waals surface area contributed by atoms with Gasteiger partial charge in [0.15, 0.2) is 0 Å². The molecular weight excluding hydrogens is 328 g/mol. The first-order valence-corrected chi connectivity index (χ1v) is 6.61. The molecule has 0 aromatic heterocycles. The Morgan fingerprint density at radius 1 is 1.21 bits per heavy atom. The van der Waals surface area contributed by atoms with Gasteiger partial charge in [-0.05, 0) is 36.4 Å². The van der Waals surface area contributed by atoms with Crippen LogP contribution in [0.15, 0.2) is 40.9 Å². The van der Waals surface area contributed by atoms with E-state index in [-0.39, 0.29) is 0 Å². The van der Waals surface area contributed by atoms with Crippen molar-refractivity contribution in [2.45, 2.75) is 0 Å². The van der Waals surface area contributed by atoms with Crippen molar-refractivity contribution in [1.29, 1.82) is 5.26 Å². The number of hydrogen-bond donors (Lipinski definition) is 1. The molecule has 2 rings (SSSR count). The van der Waals surface area contributed by atoms with Crippen molar-refractivity contribution in [3.63, 3.8) is 0 Å². The number of halogens is 2. The molecule has 0 aliphatic rings. The summed E-state index contributed by atoms with van der Waals surface area (Å²) in [6.07, 6.45) is 0. The smallest absolute Gasteiger partial charge is 0.142 e. The number of nitrogens with one attached hydrogen (secondary N) is 1. The Bertz CT molecular complexity index is 652. The number of rotatable bonds is 3. The van der Waals surface area contributed by atoms with Crippen molar-refractivity contribution in [1.82, 2.24) is 0 Å². The van der Waals surface area contributed by atoms with Gasteiger partial charge in [-0.15, -0.1) is 0 Å². The highest BCUT2D eigenvalue weighted by atomic mass is 79.9. The van der Waals surface area contributed by atoms with Crippen molar-refractivity contribution in [3.8, 4) is 11.8 Å². The first-order chi connectivity index (χ1) is 9.13. The molecule has 0 aliphatic heterocycles. The van der Waals surface area contributed by atoms with Crippen molar-refractivity contribution in [3.05, 3.63) is 51.5 Å². The predicted molar refractivity (Wildman–Crippen MR) is 80.1 cm³/mol. The normalized spacial score (nSPS) is 9.79. The molecule has 0 saturated heterocycles. The summed E-state index contributed by atoms with van der Waals surface area (Å²) >= 11 is 9.36. The largest absolute Gasteiger partial charge is 0.495 e. The van der Waals surface area contributed by atoms with Crippen LogP contribution in [0, 0.1) is 11.3 Å². The number of hydrogen-bond acceptors (Lipinski definition) is 3. The van der Waals surface area contributed by atoms with Gasteiger partial charge in [-0.1, -0.05) is 27.5 Å². The molecule has 0 saturated carbocycles. The molecule has 96 valence electrons. The summed E-state index contributed by atoms with van der Waals surface area (Å²) in [4.78, 5) is 0. The maximum Gasteiger partial charge on any atom is 0.142 e. The fourth-order valence-corrected chi connectivity index (χ4v) is 2.17. The van der Waals surface area contributed by atoms with Crippen molar-refractivity contribution in [2.24, 2.45) is 0 Å². The predicted octanol–water partition coefficient (Wildman–Crippen LogP) is 4.73. The van der Waals surface area contributed by atoms with Crippen LogP contribution in [0.4, 0.5) is 11.4 Å². The Morgan fingerprint density at radius 3 is 2.68 bits per heavy atom. The number of benzene rings is 2. The molecule has 0 bridgehead atoms. The average molecular weight is 338 g/mol. The van der Waals surface area contributed by atoms with E-state index in [1.807, 2.05) is 18.2 Å². The first-order valence-electron chi connectivity index (χ1n) is 5.44. The van der Waals surface area contributed by atoms with Gasteiger partial charge < -0.3 is 10.1 Å². The van der Waals surface area contributed by atoms with Crippen LogP contribution in [0.3, 0.4) is 0 Å². The van der Waals surface area contributed by atoms with Crippen molar-refractivity contribution >= 4 is 38.9 Å². The summed E-state index contributed by atoms with van der Waals surface area (Å²) in [7, 11) is 1.59. The van der Waals surface area contributed by atoms with Gasteiger partial charge in [0.05, 0.1) is 24.0 Å². The SMILES string of the molecule is COc1ccc(Br)cc1Nc1cc(Cl)ccc1C#N. The number of anilines is 2. The Morgan fingerprint density at radius 2 is 2.00 bits per heavy atom. The zero-order valence-electron chi connectivity index (χ0n) is 10.1. The molecule has 2 aromatic rings. The third-order valence-electron chi connectivity index (χ3n) is 2.53. The van der Waals surface area contributed by atoms with E-state index in [9.17, 15) is 0 Å². The minimum absolute atomic E-state index is 0.520. The minimum atomic E-state index is 0.520. The van der Waals surface area contributed by atoms with Crippen LogP contribution in [0.2, 0.25) is 5.02 Å². The maximum absolute atomic E-state index is 9.09. The van der Waals surface area contributed by atoms with E-state index < -0.39 is 0 Å². The minimum Gasteiger partial charge on any atom is -0.495 e. The Labute approximate surface area is 124 Å². The van der Waals surface area contributed by atoms with Crippen LogP contribution >= 0.6 is 27.5 Å². The van der Waals surface area contributed by atoms with E-state index in [0.29, 0.717) is 22.0 Å². The average Bonchev–Trinajstić information content (AvgIpc) is 2.39. The Kier molecular flexibility index (Phi) is 4.31. The van der Waals surface area contributed by atoms with Gasteiger partial charge in [0, 0.05) is 9.50 Å². The monoisotopic (exact) mass is 336 g/mol. The topological polar surface area (TPSA) is 45.0 Å². The lowest BCUT2D eigenvalue weighted by molar-refractivity contribution is 0.417. The molecule has 0 unspecified atom stereocenters. The molecular formula is C14H10BrClN2O. The number of methoxy groups -OCH3 is 1. The highest BCUT2D eigenvalue weighted by Crippen LogP contribution is 2.32. The molecule has 3 nitrogen and oxygen atoms in total. The zero-order chi connectivity index (χ0) is 13.8. The molecule has 1 N–H and O–H groups in total. The molecule has 0 spiro atoms. The van der Waals surface area contributed by atoms with Gasteiger partial charge in [-0.3, -0.25) is 0 Å². The third-order valence-corrected chi connectivity index (χ3v) is 3.26. The van der Waals surface area contributed by atoms with Crippen LogP contribution in [-0.4, -0.2) is 7.11 Å². The number of ether oxygens (including phenoxy) is 1. The van der Waals surface area contributed by atoms with Crippen LogP contribution in [0.25, 0.3) is 0 Å². The van der Waals surface area contributed by atoms with Gasteiger partial charge in [-0.25, -0.2) is 0 Å². The van der Waals surface area contributed by atoms with Gasteiger partial charge in [0.1, 0.15) is 11.8 Å². The first kappa shape index (κ1) is 13.7. The van der Waals surface area contributed by atoms with Gasteiger partial charge in [0.2, 0.25) is 0 Å². The number of nitriles is 1. The second-order valence-electron chi connectivity index (χ2n) is 3.77. The molecule has 19 heavy (non-hydrogen) atoms. The van der Waals surface area contributed by atoms with Crippen molar-refractivity contribution < 1.29 is 4.74 Å². The van der Waals surface area contributed by atoms with Crippen molar-refractivity contribution in [2.75, 3.05) is 12.4 Å². The lowest BCUT2D eigenvalue weighted by Gasteiger charge is -2.13. The summed E-state index contributed by atoms with van der Waals surface area (Å²) in [5.41, 5.74) is 1.92. The van der Waals surface area contributed by atoms with Gasteiger partial charge >= 0.3 is 0 Å². The lowest BCUT2D eigenvalue weighted by Crippen LogP contribution is -1.97. The van der Waals surface area contributed by atoms with E-state index in [1.165, 1.54) is 0 Å². The zero-order valence-corrected chi connectivity index (χ0v) is 12.4. The fourth-order valence-electron chi connectivity index (χ4n) is 1.64. The van der Waals surface area contributed by atoms with Crippen LogP contribution in [0.1, 0.15) is 5.56 Å². The summed E-state index contributed by atoms with van der Waals surface area (Å²) in [5.74, 6) is 0.687. The number of nitrogens with zero attached hydrogens (tertiary/aromatic N) is 1. The lowest BCUT2D eigenvalue weighted by atomic mass is 10.2. The van der Waals surface area contributed by atoms with Crippen LogP contribution in [-0.2, 0) is 0 Å². The third kappa shape index (κ3) is 3.19. The van der Waals surface area contributed by atoms with Crippen LogP contribution in [0.5, 0.6) is 5.75 Å². The quantitative estimate of drug-likeness (QED) is 0.881. The molecule has 0 fully saturated rings. The summed E-state index contributed by atoms with van der Waals surface area (Å²) in [6, 6.07) is 12.8. The van der Waals surface area contributed by atoms with Gasteiger partial charge in [0.25, 0.3) is 0 Å². The molecule has 0 amide bonds. The summed E-state index contributed by atoms with van der Waals surface area (Å²) < 4.78 is 6.19. The highest BCUT2D eigenvalue weighted by molar-refractivity contribution is 9.10. The molecule has 0 heterocycles. The van der Waals surface area contributed by atoms with E-state index in [1.54, 1.807) is 25.3 Å². The molecule has 0 radical (unpaired) electrons. The van der Waals surface area contributed by atoms with Gasteiger partial charge in [-0.2, -0.15) is 5.26 Å². The second kappa shape index (κ2) is 5.96. The molecule has 0 aliphatic carbocycles. The van der Waals surface area contributed by atoms with E-state index in [0.717, 1.165) is 10.2 Å². The summed E-state index contributed by atoms with van der Waals surface area (Å²) in [5, 5.41) is 12.8. The Balaban J connectivity index is 2.44. The van der Waals surface area contributed by atoms with E-state index >= 15 is 0 Å². The van der Waals surface area contributed by atoms with Crippen LogP contribution < -0.4 is 10.1 Å². The van der Waals surface area contributed by atoms with E-state index in [4.69, 9.17) is 21.6 Å². The summed E-state index contributed by atoms with van der Waals surface area (Å²) in [6.45, 7) is 0. The Hall–Kier alpha value is -1.70. The van der Waals surface area contributed by atoms with E-state index in [2.05, 4.69) is 27.3 Å². The molecule has 0 atom stereocenters. The standard InChI is InChI=1S/C14H10BrClN2O/c1-19-14-5-3-10(15)6-13(14)18-12-7-11(16)4-2-9(12)8-17/h2-7,18H,1H3. The highest BCUT2D eigenvalue weighted by Gasteiger charge is 2.08. The molecule has 5 heteroatoms. The molecule has 2 aromatic carbocycles. The second-order valence-corrected chi connectivity index (χ2v) is 5.12.